The predicted octanol–water partition coefficient (Wildman–Crippen LogP) is 5.67. The summed E-state index contributed by atoms with van der Waals surface area (Å²) in [6, 6.07) is 28.9. The van der Waals surface area contributed by atoms with E-state index in [-0.39, 0.29) is 17.7 Å². The van der Waals surface area contributed by atoms with Crippen LogP contribution < -0.4 is 9.64 Å². The molecule has 1 saturated heterocycles. The van der Waals surface area contributed by atoms with Gasteiger partial charge < -0.3 is 4.74 Å². The third-order valence-electron chi connectivity index (χ3n) is 7.93. The molecule has 2 heterocycles. The van der Waals surface area contributed by atoms with Crippen LogP contribution in [0.4, 0.5) is 5.69 Å². The number of hydrogen-bond acceptors (Lipinski definition) is 4. The van der Waals surface area contributed by atoms with Gasteiger partial charge >= 0.3 is 5.97 Å². The zero-order chi connectivity index (χ0) is 25.3. The Labute approximate surface area is 214 Å². The first-order valence-electron chi connectivity index (χ1n) is 12.5. The van der Waals surface area contributed by atoms with Crippen LogP contribution in [-0.4, -0.2) is 17.8 Å². The first-order chi connectivity index (χ1) is 18.0. The lowest BCUT2D eigenvalue weighted by molar-refractivity contribution is -0.142. The van der Waals surface area contributed by atoms with E-state index in [1.165, 1.54) is 4.90 Å². The van der Waals surface area contributed by atoms with Gasteiger partial charge in [0.25, 0.3) is 0 Å². The van der Waals surface area contributed by atoms with Crippen molar-refractivity contribution in [3.63, 3.8) is 0 Å². The predicted molar refractivity (Wildman–Crippen MR) is 141 cm³/mol. The number of benzene rings is 4. The molecule has 4 aromatic carbocycles. The molecule has 1 fully saturated rings. The highest BCUT2D eigenvalue weighted by atomic mass is 16.5. The molecule has 4 aromatic rings. The SMILES string of the molecule is Cc1ccc2c(c1)OC(=O)[C@@H]1C2=C[C@H](c2ccccc2)[C@@H]2C(=O)N(c3ccc4ccccc4c3)C(=O)[C@H]12. The van der Waals surface area contributed by atoms with Crippen LogP contribution in [0, 0.1) is 24.7 Å². The maximum Gasteiger partial charge on any atom is 0.319 e. The fourth-order valence-electron chi connectivity index (χ4n) is 6.24. The fraction of sp³-hybridized carbons (Fsp3) is 0.156. The average molecular weight is 486 g/mol. The minimum Gasteiger partial charge on any atom is -0.425 e. The molecule has 0 unspecified atom stereocenters. The molecule has 5 nitrogen and oxygen atoms in total. The summed E-state index contributed by atoms with van der Waals surface area (Å²) in [6.07, 6.45) is 2.02. The summed E-state index contributed by atoms with van der Waals surface area (Å²) in [6.45, 7) is 1.94. The van der Waals surface area contributed by atoms with Crippen molar-refractivity contribution >= 4 is 39.8 Å². The van der Waals surface area contributed by atoms with Gasteiger partial charge in [-0.2, -0.15) is 0 Å². The van der Waals surface area contributed by atoms with Gasteiger partial charge in [-0.15, -0.1) is 0 Å². The lowest BCUT2D eigenvalue weighted by atomic mass is 9.64. The number of nitrogens with zero attached hydrogens (tertiary/aromatic N) is 1. The van der Waals surface area contributed by atoms with Crippen LogP contribution in [0.3, 0.4) is 0 Å². The third-order valence-corrected chi connectivity index (χ3v) is 7.93. The van der Waals surface area contributed by atoms with Crippen molar-refractivity contribution in [1.82, 2.24) is 0 Å². The quantitative estimate of drug-likeness (QED) is 0.209. The third kappa shape index (κ3) is 3.20. The molecule has 2 amide bonds. The number of rotatable bonds is 2. The molecule has 0 aromatic heterocycles. The zero-order valence-electron chi connectivity index (χ0n) is 20.1. The number of anilines is 1. The van der Waals surface area contributed by atoms with Gasteiger partial charge in [0.05, 0.1) is 23.4 Å². The van der Waals surface area contributed by atoms with Gasteiger partial charge in [0, 0.05) is 11.5 Å². The first-order valence-corrected chi connectivity index (χ1v) is 12.5. The minimum atomic E-state index is -0.842. The molecule has 2 aliphatic heterocycles. The van der Waals surface area contributed by atoms with E-state index in [1.54, 1.807) is 6.07 Å². The summed E-state index contributed by atoms with van der Waals surface area (Å²) in [5, 5.41) is 1.96. The summed E-state index contributed by atoms with van der Waals surface area (Å²) < 4.78 is 5.75. The highest BCUT2D eigenvalue weighted by molar-refractivity contribution is 6.25. The van der Waals surface area contributed by atoms with Gasteiger partial charge in [-0.1, -0.05) is 78.9 Å². The zero-order valence-corrected chi connectivity index (χ0v) is 20.1. The van der Waals surface area contributed by atoms with Crippen LogP contribution in [0.15, 0.2) is 97.1 Å². The van der Waals surface area contributed by atoms with Gasteiger partial charge in [-0.25, -0.2) is 4.90 Å². The topological polar surface area (TPSA) is 63.7 Å². The Hall–Kier alpha value is -4.51. The Morgan fingerprint density at radius 2 is 1.46 bits per heavy atom. The summed E-state index contributed by atoms with van der Waals surface area (Å²) in [5.41, 5.74) is 4.02. The Morgan fingerprint density at radius 3 is 2.27 bits per heavy atom. The highest BCUT2D eigenvalue weighted by Gasteiger charge is 2.60. The van der Waals surface area contributed by atoms with Crippen molar-refractivity contribution in [3.8, 4) is 5.75 Å². The number of carbonyl (C=O) groups excluding carboxylic acids is 3. The Kier molecular flexibility index (Phi) is 4.70. The van der Waals surface area contributed by atoms with Crippen LogP contribution in [0.5, 0.6) is 5.75 Å². The van der Waals surface area contributed by atoms with Crippen molar-refractivity contribution in [2.45, 2.75) is 12.8 Å². The van der Waals surface area contributed by atoms with Crippen LogP contribution in [0.1, 0.15) is 22.6 Å². The lowest BCUT2D eigenvalue weighted by Gasteiger charge is -2.38. The molecule has 4 atom stereocenters. The number of allylic oxidation sites excluding steroid dienone is 1. The second-order valence-corrected chi connectivity index (χ2v) is 10.1. The second kappa shape index (κ2) is 8.00. The monoisotopic (exact) mass is 485 g/mol. The van der Waals surface area contributed by atoms with Gasteiger partial charge in [0.2, 0.25) is 11.8 Å². The van der Waals surface area contributed by atoms with Crippen LogP contribution in [0.2, 0.25) is 0 Å². The van der Waals surface area contributed by atoms with Crippen LogP contribution in [0.25, 0.3) is 16.3 Å². The Morgan fingerprint density at radius 1 is 0.730 bits per heavy atom. The van der Waals surface area contributed by atoms with Crippen molar-refractivity contribution < 1.29 is 19.1 Å². The van der Waals surface area contributed by atoms with Gasteiger partial charge in [-0.3, -0.25) is 14.4 Å². The number of ether oxygens (including phenoxy) is 1. The van der Waals surface area contributed by atoms with E-state index in [2.05, 4.69) is 0 Å². The van der Waals surface area contributed by atoms with Crippen LogP contribution in [-0.2, 0) is 14.4 Å². The lowest BCUT2D eigenvalue weighted by Crippen LogP contribution is -2.42. The summed E-state index contributed by atoms with van der Waals surface area (Å²) in [5.74, 6) is -3.33. The van der Waals surface area contributed by atoms with Crippen molar-refractivity contribution in [1.29, 1.82) is 0 Å². The number of imide groups is 1. The van der Waals surface area contributed by atoms with Crippen molar-refractivity contribution in [3.05, 3.63) is 114 Å². The van der Waals surface area contributed by atoms with Gasteiger partial charge in [0.1, 0.15) is 5.75 Å². The first kappa shape index (κ1) is 21.7. The molecule has 1 aliphatic carbocycles. The molecular weight excluding hydrogens is 462 g/mol. The summed E-state index contributed by atoms with van der Waals surface area (Å²) >= 11 is 0. The smallest absolute Gasteiger partial charge is 0.319 e. The molecule has 37 heavy (non-hydrogen) atoms. The number of hydrogen-bond donors (Lipinski definition) is 0. The molecule has 0 N–H and O–H groups in total. The number of esters is 1. The normalized spacial score (nSPS) is 24.3. The van der Waals surface area contributed by atoms with Gasteiger partial charge in [-0.05, 0) is 52.6 Å². The molecule has 0 spiro atoms. The van der Waals surface area contributed by atoms with E-state index in [4.69, 9.17) is 4.74 Å². The molecule has 0 saturated carbocycles. The molecule has 180 valence electrons. The van der Waals surface area contributed by atoms with E-state index in [9.17, 15) is 14.4 Å². The van der Waals surface area contributed by atoms with E-state index >= 15 is 0 Å². The van der Waals surface area contributed by atoms with Crippen molar-refractivity contribution in [2.75, 3.05) is 4.90 Å². The number of fused-ring (bicyclic) bond motifs is 6. The summed E-state index contributed by atoms with van der Waals surface area (Å²) in [4.78, 5) is 42.9. The standard InChI is InChI=1S/C32H23NO4/c1-18-11-14-23-25-17-24(20-8-3-2-4-9-20)27-29(28(25)32(36)37-26(23)15-18)31(35)33(30(27)34)22-13-12-19-7-5-6-10-21(19)16-22/h2-17,24,27-29H,1H3/t24-,27+,28-,29+/m1/s1. The Bertz CT molecular complexity index is 1650. The Balaban J connectivity index is 1.41. The minimum absolute atomic E-state index is 0.281. The fourth-order valence-corrected chi connectivity index (χ4v) is 6.24. The number of carbonyl (C=O) groups is 3. The maximum atomic E-state index is 14.1. The second-order valence-electron chi connectivity index (χ2n) is 10.1. The number of amides is 2. The molecule has 5 heteroatoms. The molecule has 7 rings (SSSR count). The molecule has 0 bridgehead atoms. The van der Waals surface area contributed by atoms with E-state index in [1.807, 2.05) is 97.9 Å². The maximum absolute atomic E-state index is 14.1. The van der Waals surface area contributed by atoms with Crippen LogP contribution >= 0.6 is 0 Å². The van der Waals surface area contributed by atoms with Gasteiger partial charge in [0.15, 0.2) is 0 Å². The van der Waals surface area contributed by atoms with Crippen molar-refractivity contribution in [2.24, 2.45) is 17.8 Å². The highest BCUT2D eigenvalue weighted by Crippen LogP contribution is 2.54. The molecule has 0 radical (unpaired) electrons. The van der Waals surface area contributed by atoms with E-state index in [0.717, 1.165) is 33.0 Å². The average Bonchev–Trinajstić information content (AvgIpc) is 3.18. The molecule has 3 aliphatic rings. The van der Waals surface area contributed by atoms with E-state index < -0.39 is 23.7 Å². The number of aryl methyl sites for hydroxylation is 1. The summed E-state index contributed by atoms with van der Waals surface area (Å²) in [7, 11) is 0. The van der Waals surface area contributed by atoms with E-state index in [0.29, 0.717) is 11.4 Å². The molecular formula is C32H23NO4. The largest absolute Gasteiger partial charge is 0.425 e.